The van der Waals surface area contributed by atoms with Crippen LogP contribution in [0.3, 0.4) is 0 Å². The fraction of sp³-hybridized carbons (Fsp3) is 0.400. The van der Waals surface area contributed by atoms with Gasteiger partial charge in [0.15, 0.2) is 0 Å². The molecule has 0 saturated carbocycles. The van der Waals surface area contributed by atoms with Gasteiger partial charge in [0, 0.05) is 35.2 Å². The van der Waals surface area contributed by atoms with Crippen LogP contribution in [0.25, 0.3) is 10.6 Å². The van der Waals surface area contributed by atoms with E-state index in [1.807, 2.05) is 24.3 Å². The zero-order valence-electron chi connectivity index (χ0n) is 11.9. The number of aromatic nitrogens is 1. The standard InChI is InChI=1S/C15H19ClN2OS/c1-10(2)17-8-14-13(9-19-3)18-15(20-14)11-5-4-6-12(16)7-11/h4-7,10,17H,8-9H2,1-3H3. The second-order valence-corrected chi connectivity index (χ2v) is 6.39. The number of rotatable bonds is 6. The molecule has 2 rings (SSSR count). The quantitative estimate of drug-likeness (QED) is 0.872. The normalized spacial score (nSPS) is 11.2. The summed E-state index contributed by atoms with van der Waals surface area (Å²) >= 11 is 7.74. The van der Waals surface area contributed by atoms with Gasteiger partial charge in [-0.15, -0.1) is 11.3 Å². The average Bonchev–Trinajstić information content (AvgIpc) is 2.80. The molecular weight excluding hydrogens is 292 g/mol. The Labute approximate surface area is 129 Å². The largest absolute Gasteiger partial charge is 0.378 e. The van der Waals surface area contributed by atoms with Crippen molar-refractivity contribution >= 4 is 22.9 Å². The van der Waals surface area contributed by atoms with Gasteiger partial charge in [0.25, 0.3) is 0 Å². The van der Waals surface area contributed by atoms with E-state index in [2.05, 4.69) is 24.1 Å². The first-order valence-corrected chi connectivity index (χ1v) is 7.76. The molecular formula is C15H19ClN2OS. The van der Waals surface area contributed by atoms with Crippen molar-refractivity contribution < 1.29 is 4.74 Å². The monoisotopic (exact) mass is 310 g/mol. The maximum atomic E-state index is 6.05. The van der Waals surface area contributed by atoms with E-state index in [4.69, 9.17) is 16.3 Å². The van der Waals surface area contributed by atoms with Crippen molar-refractivity contribution in [1.82, 2.24) is 10.3 Å². The van der Waals surface area contributed by atoms with Crippen LogP contribution in [0.1, 0.15) is 24.4 Å². The Balaban J connectivity index is 2.28. The molecule has 1 aromatic heterocycles. The maximum absolute atomic E-state index is 6.05. The number of ether oxygens (including phenoxy) is 1. The van der Waals surface area contributed by atoms with Gasteiger partial charge >= 0.3 is 0 Å². The Morgan fingerprint density at radius 1 is 1.40 bits per heavy atom. The minimum Gasteiger partial charge on any atom is -0.378 e. The van der Waals surface area contributed by atoms with Crippen LogP contribution in [0.15, 0.2) is 24.3 Å². The molecule has 1 N–H and O–H groups in total. The topological polar surface area (TPSA) is 34.1 Å². The highest BCUT2D eigenvalue weighted by Gasteiger charge is 2.13. The Hall–Kier alpha value is -0.940. The predicted molar refractivity (Wildman–Crippen MR) is 85.2 cm³/mol. The molecule has 0 saturated heterocycles. The molecule has 3 nitrogen and oxygen atoms in total. The number of thiazole rings is 1. The Kier molecular flexibility index (Phi) is 5.54. The van der Waals surface area contributed by atoms with Gasteiger partial charge in [-0.1, -0.05) is 37.6 Å². The van der Waals surface area contributed by atoms with Crippen LogP contribution in [0, 0.1) is 0 Å². The van der Waals surface area contributed by atoms with Gasteiger partial charge in [-0.2, -0.15) is 0 Å². The van der Waals surface area contributed by atoms with E-state index in [1.54, 1.807) is 18.4 Å². The van der Waals surface area contributed by atoms with Gasteiger partial charge < -0.3 is 10.1 Å². The molecule has 0 radical (unpaired) electrons. The van der Waals surface area contributed by atoms with Crippen LogP contribution in [-0.2, 0) is 17.9 Å². The smallest absolute Gasteiger partial charge is 0.124 e. The van der Waals surface area contributed by atoms with Crippen molar-refractivity contribution in [3.8, 4) is 10.6 Å². The van der Waals surface area contributed by atoms with E-state index >= 15 is 0 Å². The molecule has 1 aromatic carbocycles. The summed E-state index contributed by atoms with van der Waals surface area (Å²) in [7, 11) is 1.69. The van der Waals surface area contributed by atoms with E-state index in [9.17, 15) is 0 Å². The minimum atomic E-state index is 0.446. The Bertz CT molecular complexity index is 569. The van der Waals surface area contributed by atoms with Gasteiger partial charge in [-0.05, 0) is 12.1 Å². The van der Waals surface area contributed by atoms with Crippen molar-refractivity contribution in [3.05, 3.63) is 39.9 Å². The first-order chi connectivity index (χ1) is 9.60. The molecule has 0 aliphatic heterocycles. The van der Waals surface area contributed by atoms with Gasteiger partial charge in [-0.3, -0.25) is 0 Å². The van der Waals surface area contributed by atoms with Crippen molar-refractivity contribution in [1.29, 1.82) is 0 Å². The lowest BCUT2D eigenvalue weighted by atomic mass is 10.2. The van der Waals surface area contributed by atoms with Crippen LogP contribution in [-0.4, -0.2) is 18.1 Å². The first kappa shape index (κ1) is 15.4. The van der Waals surface area contributed by atoms with Gasteiger partial charge in [0.05, 0.1) is 12.3 Å². The lowest BCUT2D eigenvalue weighted by Gasteiger charge is -2.07. The molecule has 0 fully saturated rings. The number of hydrogen-bond acceptors (Lipinski definition) is 4. The van der Waals surface area contributed by atoms with E-state index < -0.39 is 0 Å². The van der Waals surface area contributed by atoms with Crippen LogP contribution in [0.4, 0.5) is 0 Å². The van der Waals surface area contributed by atoms with Gasteiger partial charge in [0.2, 0.25) is 0 Å². The molecule has 0 spiro atoms. The van der Waals surface area contributed by atoms with Crippen molar-refractivity contribution in [3.63, 3.8) is 0 Å². The number of halogens is 1. The number of hydrogen-bond donors (Lipinski definition) is 1. The molecule has 108 valence electrons. The number of nitrogens with zero attached hydrogens (tertiary/aromatic N) is 1. The second-order valence-electron chi connectivity index (χ2n) is 4.87. The summed E-state index contributed by atoms with van der Waals surface area (Å²) in [6, 6.07) is 8.23. The highest BCUT2D eigenvalue weighted by atomic mass is 35.5. The lowest BCUT2D eigenvalue weighted by molar-refractivity contribution is 0.181. The van der Waals surface area contributed by atoms with Crippen LogP contribution < -0.4 is 5.32 Å². The van der Waals surface area contributed by atoms with Crippen LogP contribution in [0.2, 0.25) is 5.02 Å². The van der Waals surface area contributed by atoms with Crippen LogP contribution >= 0.6 is 22.9 Å². The third kappa shape index (κ3) is 4.03. The summed E-state index contributed by atoms with van der Waals surface area (Å²) in [6.07, 6.45) is 0. The molecule has 1 heterocycles. The highest BCUT2D eigenvalue weighted by Crippen LogP contribution is 2.30. The van der Waals surface area contributed by atoms with Crippen molar-refractivity contribution in [2.24, 2.45) is 0 Å². The van der Waals surface area contributed by atoms with E-state index in [0.717, 1.165) is 27.8 Å². The van der Waals surface area contributed by atoms with E-state index in [0.29, 0.717) is 12.6 Å². The summed E-state index contributed by atoms with van der Waals surface area (Å²) in [5, 5.41) is 5.14. The molecule has 0 bridgehead atoms. The summed E-state index contributed by atoms with van der Waals surface area (Å²) in [6.45, 7) is 5.62. The van der Waals surface area contributed by atoms with Crippen molar-refractivity contribution in [2.45, 2.75) is 33.0 Å². The molecule has 0 atom stereocenters. The molecule has 0 aliphatic carbocycles. The molecule has 2 aromatic rings. The summed E-state index contributed by atoms with van der Waals surface area (Å²) in [5.41, 5.74) is 2.05. The Morgan fingerprint density at radius 2 is 2.20 bits per heavy atom. The lowest BCUT2D eigenvalue weighted by Crippen LogP contribution is -2.21. The first-order valence-electron chi connectivity index (χ1n) is 6.57. The van der Waals surface area contributed by atoms with Gasteiger partial charge in [-0.25, -0.2) is 4.98 Å². The maximum Gasteiger partial charge on any atom is 0.124 e. The third-order valence-corrected chi connectivity index (χ3v) is 4.18. The molecule has 5 heteroatoms. The second kappa shape index (κ2) is 7.18. The fourth-order valence-electron chi connectivity index (χ4n) is 1.81. The number of benzene rings is 1. The molecule has 0 amide bonds. The van der Waals surface area contributed by atoms with Gasteiger partial charge in [0.1, 0.15) is 5.01 Å². The highest BCUT2D eigenvalue weighted by molar-refractivity contribution is 7.15. The zero-order valence-corrected chi connectivity index (χ0v) is 13.5. The molecule has 0 aliphatic rings. The predicted octanol–water partition coefficient (Wildman–Crippen LogP) is 4.11. The summed E-state index contributed by atoms with van der Waals surface area (Å²) in [4.78, 5) is 5.90. The third-order valence-electron chi connectivity index (χ3n) is 2.80. The van der Waals surface area contributed by atoms with Crippen molar-refractivity contribution in [2.75, 3.05) is 7.11 Å². The van der Waals surface area contributed by atoms with Crippen LogP contribution in [0.5, 0.6) is 0 Å². The number of methoxy groups -OCH3 is 1. The number of nitrogens with one attached hydrogen (secondary N) is 1. The molecule has 20 heavy (non-hydrogen) atoms. The summed E-state index contributed by atoms with van der Waals surface area (Å²) < 4.78 is 5.24. The summed E-state index contributed by atoms with van der Waals surface area (Å²) in [5.74, 6) is 0. The average molecular weight is 311 g/mol. The SMILES string of the molecule is COCc1nc(-c2cccc(Cl)c2)sc1CNC(C)C. The molecule has 0 unspecified atom stereocenters. The minimum absolute atomic E-state index is 0.446. The fourth-order valence-corrected chi connectivity index (χ4v) is 3.01. The van der Waals surface area contributed by atoms with E-state index in [-0.39, 0.29) is 0 Å². The Morgan fingerprint density at radius 3 is 2.85 bits per heavy atom. The van der Waals surface area contributed by atoms with E-state index in [1.165, 1.54) is 4.88 Å². The zero-order chi connectivity index (χ0) is 14.5.